The van der Waals surface area contributed by atoms with Gasteiger partial charge in [-0.1, -0.05) is 25.1 Å². The molecule has 0 saturated carbocycles. The van der Waals surface area contributed by atoms with E-state index in [2.05, 4.69) is 15.6 Å². The molecule has 0 radical (unpaired) electrons. The monoisotopic (exact) mass is 757 g/mol. The van der Waals surface area contributed by atoms with Crippen LogP contribution in [0.3, 0.4) is 0 Å². The largest absolute Gasteiger partial charge is 0.457 e. The Bertz CT molecular complexity index is 2060. The number of esters is 2. The van der Waals surface area contributed by atoms with Crippen LogP contribution in [0.1, 0.15) is 48.4 Å². The Morgan fingerprint density at radius 3 is 2.54 bits per heavy atom. The van der Waals surface area contributed by atoms with Gasteiger partial charge >= 0.3 is 11.9 Å². The summed E-state index contributed by atoms with van der Waals surface area (Å²) in [5.41, 5.74) is 2.32. The normalized spacial score (nSPS) is 15.5. The molecular weight excluding hydrogens is 715 g/mol. The third-order valence-electron chi connectivity index (χ3n) is 9.27. The summed E-state index contributed by atoms with van der Waals surface area (Å²) >= 11 is 1.74. The van der Waals surface area contributed by atoms with Crippen LogP contribution < -0.4 is 16.2 Å². The molecule has 54 heavy (non-hydrogen) atoms. The first-order chi connectivity index (χ1) is 26.3. The topological polar surface area (TPSA) is 177 Å². The lowest BCUT2D eigenvalue weighted by molar-refractivity contribution is -0.189. The maximum atomic E-state index is 13.7. The predicted molar refractivity (Wildman–Crippen MR) is 201 cm³/mol. The van der Waals surface area contributed by atoms with Gasteiger partial charge in [-0.2, -0.15) is 11.8 Å². The summed E-state index contributed by atoms with van der Waals surface area (Å²) in [6.45, 7) is 2.60. The molecule has 284 valence electrons. The molecule has 5 heterocycles. The Balaban J connectivity index is 0.890. The molecule has 4 aromatic rings. The summed E-state index contributed by atoms with van der Waals surface area (Å²) in [6, 6.07) is 15.3. The maximum Gasteiger partial charge on any atom is 0.355 e. The van der Waals surface area contributed by atoms with Crippen LogP contribution in [-0.2, 0) is 63.3 Å². The number of rotatable bonds is 19. The van der Waals surface area contributed by atoms with E-state index in [9.17, 15) is 24.0 Å². The molecule has 0 fully saturated rings. The summed E-state index contributed by atoms with van der Waals surface area (Å²) in [7, 11) is 0. The minimum atomic E-state index is -1.87. The number of fused-ring (bicyclic) bond motifs is 5. The zero-order valence-electron chi connectivity index (χ0n) is 30.1. The highest BCUT2D eigenvalue weighted by atomic mass is 32.2. The fourth-order valence-corrected chi connectivity index (χ4v) is 7.33. The van der Waals surface area contributed by atoms with Crippen molar-refractivity contribution in [1.82, 2.24) is 25.2 Å². The van der Waals surface area contributed by atoms with Crippen molar-refractivity contribution in [2.24, 2.45) is 0 Å². The molecule has 1 atom stereocenters. The molecule has 1 aromatic carbocycles. The van der Waals surface area contributed by atoms with Crippen LogP contribution in [0.15, 0.2) is 65.7 Å². The number of aromatic nitrogens is 3. The third-order valence-corrected chi connectivity index (χ3v) is 10.3. The SMILES string of the molecule is CC[C@@]1(OC(=O)CNC(=O)CCOCCOCCNC(=O)CCSCCc2ccncc2)C(=O)OCc2c1cc1n(c2=O)Cc2cc3ccccc3nc2-1. The van der Waals surface area contributed by atoms with Crippen molar-refractivity contribution in [1.29, 1.82) is 0 Å². The van der Waals surface area contributed by atoms with Gasteiger partial charge < -0.3 is 34.1 Å². The Morgan fingerprint density at radius 2 is 1.72 bits per heavy atom. The van der Waals surface area contributed by atoms with Crippen molar-refractivity contribution < 1.29 is 38.1 Å². The predicted octanol–water partition coefficient (Wildman–Crippen LogP) is 3.05. The summed E-state index contributed by atoms with van der Waals surface area (Å²) < 4.78 is 23.7. The maximum absolute atomic E-state index is 13.7. The number of cyclic esters (lactones) is 1. The quantitative estimate of drug-likeness (QED) is 0.0932. The van der Waals surface area contributed by atoms with Crippen LogP contribution in [0.2, 0.25) is 0 Å². The van der Waals surface area contributed by atoms with E-state index in [-0.39, 0.29) is 61.9 Å². The number of carbonyl (C=O) groups is 4. The molecule has 2 amide bonds. The van der Waals surface area contributed by atoms with E-state index in [1.807, 2.05) is 42.5 Å². The van der Waals surface area contributed by atoms with Gasteiger partial charge in [-0.3, -0.25) is 24.2 Å². The highest BCUT2D eigenvalue weighted by Crippen LogP contribution is 2.41. The molecule has 15 heteroatoms. The van der Waals surface area contributed by atoms with E-state index in [1.54, 1.807) is 41.7 Å². The molecule has 6 rings (SSSR count). The second-order valence-corrected chi connectivity index (χ2v) is 14.0. The molecule has 3 aromatic heterocycles. The first-order valence-electron chi connectivity index (χ1n) is 18.0. The molecule has 2 aliphatic rings. The molecule has 0 saturated heterocycles. The lowest BCUT2D eigenvalue weighted by Crippen LogP contribution is -2.48. The molecule has 0 aliphatic carbocycles. The average molecular weight is 758 g/mol. The van der Waals surface area contributed by atoms with E-state index in [0.717, 1.165) is 34.4 Å². The second-order valence-electron chi connectivity index (χ2n) is 12.8. The van der Waals surface area contributed by atoms with Crippen LogP contribution in [-0.4, -0.2) is 89.3 Å². The van der Waals surface area contributed by atoms with Crippen molar-refractivity contribution in [3.05, 3.63) is 93.5 Å². The summed E-state index contributed by atoms with van der Waals surface area (Å²) in [5, 5.41) is 6.28. The van der Waals surface area contributed by atoms with Crippen LogP contribution in [0, 0.1) is 0 Å². The van der Waals surface area contributed by atoms with E-state index in [0.29, 0.717) is 37.5 Å². The number of amides is 2. The first-order valence-corrected chi connectivity index (χ1v) is 19.2. The number of para-hydroxylation sites is 1. The standard InChI is InChI=1S/C39H43N5O9S/c1-2-39(30-22-32-36-28(21-27-5-3-4-6-31(27)43-36)24-44(32)37(48)29(30)25-52-38(39)49)53-35(47)23-42-33(45)9-15-50-17-18-51-16-14-41-34(46)11-20-54-19-10-26-7-12-40-13-8-26/h3-8,12-13,21-22H,2,9-11,14-20,23-25H2,1H3,(H,41,46)(H,42,45)/t39-/m0/s1. The number of thioether (sulfide) groups is 1. The van der Waals surface area contributed by atoms with Gasteiger partial charge in [0.2, 0.25) is 17.4 Å². The number of hydrogen-bond acceptors (Lipinski definition) is 12. The summed E-state index contributed by atoms with van der Waals surface area (Å²) in [6.07, 6.45) is 4.93. The Hall–Kier alpha value is -5.12. The zero-order valence-corrected chi connectivity index (χ0v) is 30.9. The van der Waals surface area contributed by atoms with Crippen molar-refractivity contribution in [2.75, 3.05) is 51.0 Å². The van der Waals surface area contributed by atoms with E-state index in [1.165, 1.54) is 5.56 Å². The van der Waals surface area contributed by atoms with Crippen LogP contribution >= 0.6 is 11.8 Å². The lowest BCUT2D eigenvalue weighted by atomic mass is 9.85. The fraction of sp³-hybridized carbons (Fsp3) is 0.410. The summed E-state index contributed by atoms with van der Waals surface area (Å²) in [5.74, 6) is -0.423. The highest BCUT2D eigenvalue weighted by Gasteiger charge is 2.50. The van der Waals surface area contributed by atoms with E-state index >= 15 is 0 Å². The molecule has 14 nitrogen and oxygen atoms in total. The average Bonchev–Trinajstić information content (AvgIpc) is 3.54. The van der Waals surface area contributed by atoms with Gasteiger partial charge in [0.05, 0.1) is 55.4 Å². The molecule has 0 unspecified atom stereocenters. The van der Waals surface area contributed by atoms with Gasteiger partial charge in [0.25, 0.3) is 5.56 Å². The Morgan fingerprint density at radius 1 is 0.944 bits per heavy atom. The first kappa shape index (κ1) is 38.6. The zero-order chi connectivity index (χ0) is 37.9. The van der Waals surface area contributed by atoms with Crippen molar-refractivity contribution in [3.63, 3.8) is 0 Å². The number of pyridine rings is 3. The number of nitrogens with one attached hydrogen (secondary N) is 2. The van der Waals surface area contributed by atoms with E-state index in [4.69, 9.17) is 23.9 Å². The molecule has 2 N–H and O–H groups in total. The van der Waals surface area contributed by atoms with Crippen LogP contribution in [0.4, 0.5) is 0 Å². The van der Waals surface area contributed by atoms with Crippen molar-refractivity contribution >= 4 is 46.4 Å². The Labute approximate surface area is 316 Å². The molecule has 0 spiro atoms. The van der Waals surface area contributed by atoms with Crippen molar-refractivity contribution in [2.45, 2.75) is 51.4 Å². The minimum Gasteiger partial charge on any atom is -0.457 e. The summed E-state index contributed by atoms with van der Waals surface area (Å²) in [4.78, 5) is 73.3. The number of nitrogens with zero attached hydrogens (tertiary/aromatic N) is 3. The van der Waals surface area contributed by atoms with Gasteiger partial charge in [-0.05, 0) is 54.5 Å². The molecule has 2 aliphatic heterocycles. The van der Waals surface area contributed by atoms with Gasteiger partial charge in [-0.15, -0.1) is 0 Å². The number of hydrogen-bond donors (Lipinski definition) is 2. The van der Waals surface area contributed by atoms with E-state index < -0.39 is 30.0 Å². The lowest BCUT2D eigenvalue weighted by Gasteiger charge is -2.35. The van der Waals surface area contributed by atoms with Gasteiger partial charge in [-0.25, -0.2) is 9.78 Å². The molecular formula is C39H43N5O9S. The minimum absolute atomic E-state index is 0.00887. The van der Waals surface area contributed by atoms with Crippen molar-refractivity contribution in [3.8, 4) is 11.4 Å². The second kappa shape index (κ2) is 18.3. The van der Waals surface area contributed by atoms with Gasteiger partial charge in [0.15, 0.2) is 0 Å². The number of aryl methyl sites for hydroxylation is 1. The van der Waals surface area contributed by atoms with Gasteiger partial charge in [0.1, 0.15) is 13.2 Å². The third kappa shape index (κ3) is 9.14. The number of ether oxygens (including phenoxy) is 4. The fourth-order valence-electron chi connectivity index (χ4n) is 6.42. The van der Waals surface area contributed by atoms with Crippen LogP contribution in [0.25, 0.3) is 22.3 Å². The van der Waals surface area contributed by atoms with Gasteiger partial charge in [0, 0.05) is 54.0 Å². The molecule has 0 bridgehead atoms. The van der Waals surface area contributed by atoms with Crippen LogP contribution in [0.5, 0.6) is 0 Å². The smallest absolute Gasteiger partial charge is 0.355 e. The Kier molecular flexibility index (Phi) is 13.1. The number of carbonyl (C=O) groups excluding carboxylic acids is 4. The number of benzene rings is 1. The highest BCUT2D eigenvalue weighted by molar-refractivity contribution is 7.99.